The molecule has 0 saturated carbocycles. The highest BCUT2D eigenvalue weighted by atomic mass is 16.5. The molecule has 0 fully saturated rings. The van der Waals surface area contributed by atoms with E-state index in [2.05, 4.69) is 9.97 Å². The molecule has 1 aromatic heterocycles. The highest BCUT2D eigenvalue weighted by Crippen LogP contribution is 2.19. The molecule has 2 aromatic rings. The van der Waals surface area contributed by atoms with E-state index in [1.54, 1.807) is 19.4 Å². The van der Waals surface area contributed by atoms with Crippen molar-refractivity contribution >= 4 is 0 Å². The molecule has 0 saturated heterocycles. The van der Waals surface area contributed by atoms with Crippen LogP contribution in [-0.4, -0.2) is 17.1 Å². The summed E-state index contributed by atoms with van der Waals surface area (Å²) in [5.41, 5.74) is 1.66. The quantitative estimate of drug-likeness (QED) is 0.762. The lowest BCUT2D eigenvalue weighted by Gasteiger charge is -2.02. The summed E-state index contributed by atoms with van der Waals surface area (Å²) in [5.74, 6) is 0.964. The van der Waals surface area contributed by atoms with Crippen LogP contribution in [0.4, 0.5) is 0 Å². The first kappa shape index (κ1) is 10.1. The summed E-state index contributed by atoms with van der Waals surface area (Å²) >= 11 is 0. The molecule has 16 heavy (non-hydrogen) atoms. The minimum absolute atomic E-state index is 0.174. The first-order valence-corrected chi connectivity index (χ1v) is 4.71. The number of aromatic nitrogens is 2. The molecule has 78 valence electrons. The number of nitrogens with zero attached hydrogens (tertiary/aromatic N) is 3. The highest BCUT2D eigenvalue weighted by molar-refractivity contribution is 5.59. The third-order valence-corrected chi connectivity index (χ3v) is 2.14. The van der Waals surface area contributed by atoms with Crippen LogP contribution in [0.5, 0.6) is 5.75 Å². The Morgan fingerprint density at radius 2 is 1.94 bits per heavy atom. The first-order valence-electron chi connectivity index (χ1n) is 4.71. The van der Waals surface area contributed by atoms with Crippen molar-refractivity contribution in [3.63, 3.8) is 0 Å². The molecular weight excluding hydrogens is 202 g/mol. The second-order valence-electron chi connectivity index (χ2n) is 3.11. The lowest BCUT2D eigenvalue weighted by atomic mass is 10.1. The van der Waals surface area contributed by atoms with E-state index in [1.807, 2.05) is 30.3 Å². The first-order chi connectivity index (χ1) is 7.83. The number of hydrogen-bond donors (Lipinski definition) is 0. The maximum Gasteiger partial charge on any atom is 0.232 e. The van der Waals surface area contributed by atoms with Crippen LogP contribution in [0.2, 0.25) is 0 Å². The van der Waals surface area contributed by atoms with Crippen LogP contribution in [0, 0.1) is 11.3 Å². The molecule has 4 nitrogen and oxygen atoms in total. The molecule has 0 atom stereocenters. The van der Waals surface area contributed by atoms with Gasteiger partial charge in [-0.05, 0) is 30.3 Å². The van der Waals surface area contributed by atoms with Gasteiger partial charge in [-0.1, -0.05) is 0 Å². The van der Waals surface area contributed by atoms with Crippen molar-refractivity contribution in [1.29, 1.82) is 5.26 Å². The van der Waals surface area contributed by atoms with Gasteiger partial charge in [0.15, 0.2) is 0 Å². The third kappa shape index (κ3) is 1.98. The van der Waals surface area contributed by atoms with E-state index in [0.717, 1.165) is 17.0 Å². The van der Waals surface area contributed by atoms with E-state index in [0.29, 0.717) is 0 Å². The van der Waals surface area contributed by atoms with E-state index in [9.17, 15) is 0 Å². The van der Waals surface area contributed by atoms with Crippen LogP contribution < -0.4 is 4.74 Å². The topological polar surface area (TPSA) is 58.8 Å². The zero-order chi connectivity index (χ0) is 11.4. The average molecular weight is 211 g/mol. The second kappa shape index (κ2) is 4.41. The number of rotatable bonds is 2. The Bertz CT molecular complexity index is 529. The summed E-state index contributed by atoms with van der Waals surface area (Å²) in [7, 11) is 1.62. The molecule has 0 aliphatic rings. The van der Waals surface area contributed by atoms with Gasteiger partial charge in [0.05, 0.1) is 12.8 Å². The number of nitriles is 1. The maximum absolute atomic E-state index is 8.70. The SMILES string of the molecule is COc1ccc(-c2ccnc(C#N)n2)cc1. The van der Waals surface area contributed by atoms with Crippen molar-refractivity contribution in [3.05, 3.63) is 42.4 Å². The van der Waals surface area contributed by atoms with Crippen molar-refractivity contribution in [2.45, 2.75) is 0 Å². The lowest BCUT2D eigenvalue weighted by Crippen LogP contribution is -1.91. The molecule has 0 N–H and O–H groups in total. The predicted octanol–water partition coefficient (Wildman–Crippen LogP) is 2.02. The Morgan fingerprint density at radius 1 is 1.19 bits per heavy atom. The lowest BCUT2D eigenvalue weighted by molar-refractivity contribution is 0.415. The van der Waals surface area contributed by atoms with Gasteiger partial charge in [0.1, 0.15) is 11.8 Å². The van der Waals surface area contributed by atoms with E-state index < -0.39 is 0 Å². The van der Waals surface area contributed by atoms with Crippen molar-refractivity contribution < 1.29 is 4.74 Å². The molecule has 2 rings (SSSR count). The van der Waals surface area contributed by atoms with Crippen LogP contribution in [0.1, 0.15) is 5.82 Å². The normalized spacial score (nSPS) is 9.50. The summed E-state index contributed by atoms with van der Waals surface area (Å²) in [6.45, 7) is 0. The molecule has 0 bridgehead atoms. The van der Waals surface area contributed by atoms with Crippen molar-refractivity contribution in [2.75, 3.05) is 7.11 Å². The summed E-state index contributed by atoms with van der Waals surface area (Å²) in [6.07, 6.45) is 1.57. The Kier molecular flexibility index (Phi) is 2.79. The van der Waals surface area contributed by atoms with Gasteiger partial charge in [0.2, 0.25) is 5.82 Å². The van der Waals surface area contributed by atoms with E-state index in [4.69, 9.17) is 10.00 Å². The molecule has 0 aliphatic carbocycles. The smallest absolute Gasteiger partial charge is 0.232 e. The molecule has 1 heterocycles. The number of methoxy groups -OCH3 is 1. The second-order valence-corrected chi connectivity index (χ2v) is 3.11. The fourth-order valence-corrected chi connectivity index (χ4v) is 1.34. The summed E-state index contributed by atoms with van der Waals surface area (Å²) in [6, 6.07) is 11.2. The van der Waals surface area contributed by atoms with E-state index >= 15 is 0 Å². The van der Waals surface area contributed by atoms with E-state index in [-0.39, 0.29) is 5.82 Å². The summed E-state index contributed by atoms with van der Waals surface area (Å²) < 4.78 is 5.06. The molecule has 0 amide bonds. The van der Waals surface area contributed by atoms with Gasteiger partial charge < -0.3 is 4.74 Å². The van der Waals surface area contributed by atoms with Gasteiger partial charge in [-0.25, -0.2) is 9.97 Å². The van der Waals surface area contributed by atoms with Crippen molar-refractivity contribution in [2.24, 2.45) is 0 Å². The monoisotopic (exact) mass is 211 g/mol. The third-order valence-electron chi connectivity index (χ3n) is 2.14. The van der Waals surface area contributed by atoms with Crippen LogP contribution in [0.3, 0.4) is 0 Å². The minimum Gasteiger partial charge on any atom is -0.497 e. The molecule has 0 aliphatic heterocycles. The van der Waals surface area contributed by atoms with Crippen LogP contribution in [0.15, 0.2) is 36.5 Å². The van der Waals surface area contributed by atoms with Gasteiger partial charge in [-0.2, -0.15) is 5.26 Å². The number of ether oxygens (including phenoxy) is 1. The van der Waals surface area contributed by atoms with Crippen LogP contribution >= 0.6 is 0 Å². The molecule has 0 radical (unpaired) electrons. The predicted molar refractivity (Wildman–Crippen MR) is 58.7 cm³/mol. The highest BCUT2D eigenvalue weighted by Gasteiger charge is 2.01. The maximum atomic E-state index is 8.70. The molecule has 1 aromatic carbocycles. The van der Waals surface area contributed by atoms with Crippen molar-refractivity contribution in [1.82, 2.24) is 9.97 Å². The van der Waals surface area contributed by atoms with Gasteiger partial charge in [-0.3, -0.25) is 0 Å². The van der Waals surface area contributed by atoms with Gasteiger partial charge in [-0.15, -0.1) is 0 Å². The van der Waals surface area contributed by atoms with Crippen LogP contribution in [-0.2, 0) is 0 Å². The fourth-order valence-electron chi connectivity index (χ4n) is 1.34. The Hall–Kier alpha value is -2.41. The summed E-state index contributed by atoms with van der Waals surface area (Å²) in [5, 5.41) is 8.70. The molecular formula is C12H9N3O. The zero-order valence-corrected chi connectivity index (χ0v) is 8.71. The van der Waals surface area contributed by atoms with Crippen molar-refractivity contribution in [3.8, 4) is 23.1 Å². The minimum atomic E-state index is 0.174. The Balaban J connectivity index is 2.39. The molecule has 0 unspecified atom stereocenters. The number of hydrogen-bond acceptors (Lipinski definition) is 4. The largest absolute Gasteiger partial charge is 0.497 e. The Labute approximate surface area is 93.2 Å². The standard InChI is InChI=1S/C12H9N3O/c1-16-10-4-2-9(3-5-10)11-6-7-14-12(8-13)15-11/h2-7H,1H3. The molecule has 0 spiro atoms. The summed E-state index contributed by atoms with van der Waals surface area (Å²) in [4.78, 5) is 7.92. The Morgan fingerprint density at radius 3 is 2.56 bits per heavy atom. The van der Waals surface area contributed by atoms with E-state index in [1.165, 1.54) is 0 Å². The zero-order valence-electron chi connectivity index (χ0n) is 8.71. The fraction of sp³-hybridized carbons (Fsp3) is 0.0833. The van der Waals surface area contributed by atoms with Gasteiger partial charge in [0.25, 0.3) is 0 Å². The van der Waals surface area contributed by atoms with Crippen LogP contribution in [0.25, 0.3) is 11.3 Å². The number of benzene rings is 1. The van der Waals surface area contributed by atoms with Gasteiger partial charge >= 0.3 is 0 Å². The van der Waals surface area contributed by atoms with Gasteiger partial charge in [0, 0.05) is 11.8 Å². The average Bonchev–Trinajstić information content (AvgIpc) is 2.39. The molecule has 4 heteroatoms.